The summed E-state index contributed by atoms with van der Waals surface area (Å²) in [6, 6.07) is 3.40. The molecule has 10 heteroatoms. The standard InChI is InChI=1S/C15H22ClN3O4S2/c1-11-9-19(10-12(2)23-11)25(21,22)18-7-5-17(6-8-18)15(20)13-3-4-14(16)24-13/h3-4,11-12H,5-10H2,1-2H3. The molecule has 3 heterocycles. The van der Waals surface area contributed by atoms with Gasteiger partial charge in [0.15, 0.2) is 0 Å². The smallest absolute Gasteiger partial charge is 0.282 e. The van der Waals surface area contributed by atoms with Crippen LogP contribution in [0.15, 0.2) is 12.1 Å². The second-order valence-corrected chi connectivity index (χ2v) is 10.0. The zero-order valence-corrected chi connectivity index (χ0v) is 16.6. The van der Waals surface area contributed by atoms with E-state index in [4.69, 9.17) is 16.3 Å². The number of nitrogens with zero attached hydrogens (tertiary/aromatic N) is 3. The quantitative estimate of drug-likeness (QED) is 0.761. The molecule has 0 saturated carbocycles. The second kappa shape index (κ2) is 7.50. The fraction of sp³-hybridized carbons (Fsp3) is 0.667. The zero-order valence-electron chi connectivity index (χ0n) is 14.2. The Morgan fingerprint density at radius 3 is 2.24 bits per heavy atom. The molecule has 0 spiro atoms. The number of rotatable bonds is 3. The van der Waals surface area contributed by atoms with Crippen molar-refractivity contribution in [1.82, 2.24) is 13.5 Å². The van der Waals surface area contributed by atoms with Crippen LogP contribution in [0, 0.1) is 0 Å². The Kier molecular flexibility index (Phi) is 5.72. The summed E-state index contributed by atoms with van der Waals surface area (Å²) in [5.41, 5.74) is 0. The summed E-state index contributed by atoms with van der Waals surface area (Å²) in [6.45, 7) is 5.83. The van der Waals surface area contributed by atoms with Gasteiger partial charge in [-0.15, -0.1) is 11.3 Å². The van der Waals surface area contributed by atoms with Crippen LogP contribution in [0.1, 0.15) is 23.5 Å². The number of thiophene rings is 1. The molecular formula is C15H22ClN3O4S2. The predicted octanol–water partition coefficient (Wildman–Crippen LogP) is 1.51. The third-order valence-electron chi connectivity index (χ3n) is 4.35. The number of halogens is 1. The van der Waals surface area contributed by atoms with Gasteiger partial charge in [-0.2, -0.15) is 17.0 Å². The highest BCUT2D eigenvalue weighted by atomic mass is 35.5. The van der Waals surface area contributed by atoms with Crippen molar-refractivity contribution in [2.45, 2.75) is 26.1 Å². The number of hydrogen-bond donors (Lipinski definition) is 0. The molecule has 0 radical (unpaired) electrons. The summed E-state index contributed by atoms with van der Waals surface area (Å²) in [5, 5.41) is 0. The third-order valence-corrected chi connectivity index (χ3v) is 7.54. The first-order valence-electron chi connectivity index (χ1n) is 8.22. The summed E-state index contributed by atoms with van der Waals surface area (Å²) in [4.78, 5) is 14.7. The average Bonchev–Trinajstić information content (AvgIpc) is 3.00. The van der Waals surface area contributed by atoms with Crippen LogP contribution in [0.25, 0.3) is 0 Å². The van der Waals surface area contributed by atoms with Crippen molar-refractivity contribution >= 4 is 39.1 Å². The van der Waals surface area contributed by atoms with E-state index >= 15 is 0 Å². The van der Waals surface area contributed by atoms with Gasteiger partial charge in [-0.3, -0.25) is 4.79 Å². The van der Waals surface area contributed by atoms with Gasteiger partial charge in [-0.25, -0.2) is 0 Å². The fourth-order valence-corrected chi connectivity index (χ4v) is 5.95. The molecule has 2 saturated heterocycles. The zero-order chi connectivity index (χ0) is 18.2. The van der Waals surface area contributed by atoms with E-state index in [0.29, 0.717) is 48.5 Å². The van der Waals surface area contributed by atoms with Crippen molar-refractivity contribution < 1.29 is 17.9 Å². The van der Waals surface area contributed by atoms with E-state index < -0.39 is 10.2 Å². The molecule has 0 aromatic carbocycles. The maximum atomic E-state index is 12.9. The first kappa shape index (κ1) is 19.1. The third kappa shape index (κ3) is 4.17. The van der Waals surface area contributed by atoms with Gasteiger partial charge in [-0.1, -0.05) is 11.6 Å². The van der Waals surface area contributed by atoms with Crippen LogP contribution in [0.5, 0.6) is 0 Å². The van der Waals surface area contributed by atoms with Gasteiger partial charge in [0.1, 0.15) is 0 Å². The van der Waals surface area contributed by atoms with E-state index in [-0.39, 0.29) is 18.1 Å². The van der Waals surface area contributed by atoms with Gasteiger partial charge < -0.3 is 9.64 Å². The number of carbonyl (C=O) groups excluding carboxylic acids is 1. The molecule has 0 bridgehead atoms. The molecule has 1 aromatic heterocycles. The van der Waals surface area contributed by atoms with Gasteiger partial charge in [0.05, 0.1) is 21.4 Å². The van der Waals surface area contributed by atoms with Crippen LogP contribution in [-0.4, -0.2) is 79.3 Å². The minimum atomic E-state index is -3.53. The van der Waals surface area contributed by atoms with Gasteiger partial charge in [0.25, 0.3) is 16.1 Å². The minimum Gasteiger partial charge on any atom is -0.373 e. The summed E-state index contributed by atoms with van der Waals surface area (Å²) in [7, 11) is -3.53. The lowest BCUT2D eigenvalue weighted by Gasteiger charge is -2.40. The van der Waals surface area contributed by atoms with Crippen LogP contribution >= 0.6 is 22.9 Å². The molecule has 7 nitrogen and oxygen atoms in total. The Balaban J connectivity index is 1.62. The lowest BCUT2D eigenvalue weighted by molar-refractivity contribution is -0.0457. The lowest BCUT2D eigenvalue weighted by Crippen LogP contribution is -2.57. The molecule has 0 aliphatic carbocycles. The van der Waals surface area contributed by atoms with E-state index in [9.17, 15) is 13.2 Å². The summed E-state index contributed by atoms with van der Waals surface area (Å²) in [6.07, 6.45) is -0.241. The predicted molar refractivity (Wildman–Crippen MR) is 97.3 cm³/mol. The summed E-state index contributed by atoms with van der Waals surface area (Å²) >= 11 is 7.12. The summed E-state index contributed by atoms with van der Waals surface area (Å²) in [5.74, 6) is -0.0948. The van der Waals surface area contributed by atoms with Crippen LogP contribution in [0.2, 0.25) is 4.34 Å². The van der Waals surface area contributed by atoms with Crippen molar-refractivity contribution in [2.75, 3.05) is 39.3 Å². The highest BCUT2D eigenvalue weighted by Crippen LogP contribution is 2.24. The van der Waals surface area contributed by atoms with E-state index in [2.05, 4.69) is 0 Å². The van der Waals surface area contributed by atoms with Gasteiger partial charge in [0.2, 0.25) is 0 Å². The SMILES string of the molecule is CC1CN(S(=O)(=O)N2CCN(C(=O)c3ccc(Cl)s3)CC2)CC(C)O1. The molecule has 1 aromatic rings. The molecule has 25 heavy (non-hydrogen) atoms. The first-order chi connectivity index (χ1) is 11.8. The van der Waals surface area contributed by atoms with Crippen molar-refractivity contribution in [2.24, 2.45) is 0 Å². The van der Waals surface area contributed by atoms with Gasteiger partial charge in [0, 0.05) is 39.3 Å². The fourth-order valence-electron chi connectivity index (χ4n) is 3.19. The largest absolute Gasteiger partial charge is 0.373 e. The summed E-state index contributed by atoms with van der Waals surface area (Å²) < 4.78 is 34.8. The maximum absolute atomic E-state index is 12.9. The highest BCUT2D eigenvalue weighted by molar-refractivity contribution is 7.86. The van der Waals surface area contributed by atoms with Crippen LogP contribution in [0.4, 0.5) is 0 Å². The lowest BCUT2D eigenvalue weighted by atomic mass is 10.3. The normalized spacial score (nSPS) is 26.8. The number of morpholine rings is 1. The number of piperazine rings is 1. The number of ether oxygens (including phenoxy) is 1. The van der Waals surface area contributed by atoms with Crippen molar-refractivity contribution in [3.05, 3.63) is 21.3 Å². The molecule has 2 fully saturated rings. The average molecular weight is 408 g/mol. The maximum Gasteiger partial charge on any atom is 0.282 e. The monoisotopic (exact) mass is 407 g/mol. The molecule has 140 valence electrons. The molecule has 2 unspecified atom stereocenters. The van der Waals surface area contributed by atoms with Crippen LogP contribution in [-0.2, 0) is 14.9 Å². The number of carbonyl (C=O) groups is 1. The van der Waals surface area contributed by atoms with Gasteiger partial charge >= 0.3 is 0 Å². The van der Waals surface area contributed by atoms with Crippen molar-refractivity contribution in [1.29, 1.82) is 0 Å². The van der Waals surface area contributed by atoms with Gasteiger partial charge in [-0.05, 0) is 26.0 Å². The Hall–Kier alpha value is -0.710. The Morgan fingerprint density at radius 2 is 1.72 bits per heavy atom. The molecule has 2 aliphatic rings. The Morgan fingerprint density at radius 1 is 1.12 bits per heavy atom. The van der Waals surface area contributed by atoms with Crippen molar-refractivity contribution in [3.8, 4) is 0 Å². The van der Waals surface area contributed by atoms with E-state index in [1.54, 1.807) is 17.0 Å². The Bertz CT molecular complexity index is 721. The minimum absolute atomic E-state index is 0.0948. The van der Waals surface area contributed by atoms with E-state index in [1.165, 1.54) is 19.9 Å². The van der Waals surface area contributed by atoms with Crippen molar-refractivity contribution in [3.63, 3.8) is 0 Å². The highest BCUT2D eigenvalue weighted by Gasteiger charge is 2.37. The number of hydrogen-bond acceptors (Lipinski definition) is 5. The molecule has 3 rings (SSSR count). The second-order valence-electron chi connectivity index (χ2n) is 6.38. The van der Waals surface area contributed by atoms with Crippen LogP contribution in [0.3, 0.4) is 0 Å². The topological polar surface area (TPSA) is 70.2 Å². The molecule has 2 aliphatic heterocycles. The number of amides is 1. The van der Waals surface area contributed by atoms with Crippen LogP contribution < -0.4 is 0 Å². The molecule has 0 N–H and O–H groups in total. The molecule has 2 atom stereocenters. The molecule has 1 amide bonds. The van der Waals surface area contributed by atoms with E-state index in [1.807, 2.05) is 13.8 Å². The van der Waals surface area contributed by atoms with E-state index in [0.717, 1.165) is 0 Å². The first-order valence-corrected chi connectivity index (χ1v) is 10.8. The molecular weight excluding hydrogens is 386 g/mol. The Labute approximate surface area is 157 Å².